The Labute approximate surface area is 242 Å². The highest BCUT2D eigenvalue weighted by molar-refractivity contribution is 6.11. The van der Waals surface area contributed by atoms with Crippen molar-refractivity contribution in [2.24, 2.45) is 0 Å². The third-order valence-corrected chi connectivity index (χ3v) is 8.21. The minimum absolute atomic E-state index is 0.358. The first kappa shape index (κ1) is 23.8. The Kier molecular flexibility index (Phi) is 5.22. The minimum atomic E-state index is 0.358. The summed E-state index contributed by atoms with van der Waals surface area (Å²) in [6, 6.07) is 50.2. The zero-order chi connectivity index (χ0) is 28.2. The highest BCUT2D eigenvalue weighted by Crippen LogP contribution is 2.40. The fourth-order valence-electron chi connectivity index (χ4n) is 6.44. The monoisotopic (exact) mass is 534 g/mol. The van der Waals surface area contributed by atoms with E-state index in [0.717, 1.165) is 49.7 Å². The van der Waals surface area contributed by atoms with Crippen molar-refractivity contribution >= 4 is 43.6 Å². The molecule has 0 saturated heterocycles. The third-order valence-electron chi connectivity index (χ3n) is 8.21. The molecule has 8 rings (SSSR count). The number of rotatable bonds is 3. The second-order valence-corrected chi connectivity index (χ2v) is 10.4. The number of benzene rings is 6. The maximum absolute atomic E-state index is 10.5. The predicted octanol–water partition coefficient (Wildman–Crippen LogP) is 9.29. The van der Waals surface area contributed by atoms with Crippen molar-refractivity contribution < 1.29 is 0 Å². The fraction of sp³-hybridized carbons (Fsp3) is 0. The summed E-state index contributed by atoms with van der Waals surface area (Å²) in [4.78, 5) is 0. The van der Waals surface area contributed by atoms with Crippen molar-refractivity contribution in [1.29, 1.82) is 10.5 Å². The molecule has 0 N–H and O–H groups in total. The summed E-state index contributed by atoms with van der Waals surface area (Å²) in [6.07, 6.45) is 0. The molecule has 0 amide bonds. The average Bonchev–Trinajstić information content (AvgIpc) is 3.57. The van der Waals surface area contributed by atoms with Gasteiger partial charge in [0.2, 0.25) is 0 Å². The van der Waals surface area contributed by atoms with Crippen LogP contribution < -0.4 is 0 Å². The Morgan fingerprint density at radius 3 is 1.45 bits per heavy atom. The molecule has 6 aromatic carbocycles. The highest BCUT2D eigenvalue weighted by atomic mass is 15.0. The quantitative estimate of drug-likeness (QED) is 0.227. The maximum atomic E-state index is 10.5. The van der Waals surface area contributed by atoms with E-state index in [-0.39, 0.29) is 0 Å². The van der Waals surface area contributed by atoms with E-state index in [2.05, 4.69) is 118 Å². The molecule has 4 heteroatoms. The van der Waals surface area contributed by atoms with E-state index < -0.39 is 0 Å². The Bertz CT molecular complexity index is 2340. The molecule has 194 valence electrons. The lowest BCUT2D eigenvalue weighted by atomic mass is 9.96. The second-order valence-electron chi connectivity index (χ2n) is 10.4. The van der Waals surface area contributed by atoms with Gasteiger partial charge < -0.3 is 9.13 Å². The first-order valence-corrected chi connectivity index (χ1v) is 13.8. The third kappa shape index (κ3) is 3.33. The summed E-state index contributed by atoms with van der Waals surface area (Å²) in [7, 11) is 0. The molecule has 0 fully saturated rings. The number of nitrogens with zero attached hydrogens (tertiary/aromatic N) is 4. The molecule has 2 heterocycles. The zero-order valence-electron chi connectivity index (χ0n) is 22.5. The van der Waals surface area contributed by atoms with Gasteiger partial charge in [0.05, 0.1) is 38.9 Å². The van der Waals surface area contributed by atoms with Crippen molar-refractivity contribution in [2.45, 2.75) is 0 Å². The van der Waals surface area contributed by atoms with Crippen LogP contribution in [-0.2, 0) is 0 Å². The molecule has 0 aliphatic carbocycles. The molecule has 2 aromatic heterocycles. The standard InChI is InChI=1S/C38H22N4/c39-23-26-20-21-28(38(33(26)24-40)42-36-18-7-3-14-31(36)32-15-4-8-19-37(32)42)25-10-9-11-27(22-25)41-34-16-5-1-12-29(34)30-13-2-6-17-35(30)41/h1-22H. The SMILES string of the molecule is N#Cc1ccc(-c2cccc(-n3c4ccccc4c4ccccc43)c2)c(-n2c3ccccc3c3ccccc32)c1C#N. The lowest BCUT2D eigenvalue weighted by molar-refractivity contribution is 1.16. The maximum Gasteiger partial charge on any atom is 0.103 e. The van der Waals surface area contributed by atoms with Gasteiger partial charge in [-0.2, -0.15) is 10.5 Å². The number of para-hydroxylation sites is 4. The number of aromatic nitrogens is 2. The Hall–Kier alpha value is -6.10. The van der Waals surface area contributed by atoms with Gasteiger partial charge in [-0.15, -0.1) is 0 Å². The van der Waals surface area contributed by atoms with Gasteiger partial charge in [-0.25, -0.2) is 0 Å². The molecule has 0 spiro atoms. The minimum Gasteiger partial charge on any atom is -0.309 e. The topological polar surface area (TPSA) is 57.4 Å². The first-order valence-electron chi connectivity index (χ1n) is 13.8. The molecule has 4 nitrogen and oxygen atoms in total. The molecular formula is C38H22N4. The van der Waals surface area contributed by atoms with Crippen LogP contribution in [0.5, 0.6) is 0 Å². The molecule has 0 atom stereocenters. The Morgan fingerprint density at radius 1 is 0.452 bits per heavy atom. The fourth-order valence-corrected chi connectivity index (χ4v) is 6.44. The molecule has 0 aliphatic rings. The summed E-state index contributed by atoms with van der Waals surface area (Å²) in [5.74, 6) is 0. The summed E-state index contributed by atoms with van der Waals surface area (Å²) in [6.45, 7) is 0. The highest BCUT2D eigenvalue weighted by Gasteiger charge is 2.21. The van der Waals surface area contributed by atoms with E-state index in [0.29, 0.717) is 16.8 Å². The lowest BCUT2D eigenvalue weighted by Gasteiger charge is -2.18. The van der Waals surface area contributed by atoms with Gasteiger partial charge in [-0.3, -0.25) is 0 Å². The molecule has 0 aliphatic heterocycles. The van der Waals surface area contributed by atoms with E-state index in [1.165, 1.54) is 10.8 Å². The van der Waals surface area contributed by atoms with Crippen LogP contribution in [0.15, 0.2) is 133 Å². The van der Waals surface area contributed by atoms with Crippen molar-refractivity contribution in [3.8, 4) is 34.6 Å². The van der Waals surface area contributed by atoms with Gasteiger partial charge in [0.15, 0.2) is 0 Å². The van der Waals surface area contributed by atoms with E-state index >= 15 is 0 Å². The number of hydrogen-bond donors (Lipinski definition) is 0. The number of nitriles is 2. The van der Waals surface area contributed by atoms with Gasteiger partial charge in [-0.05, 0) is 48.0 Å². The van der Waals surface area contributed by atoms with E-state index in [4.69, 9.17) is 0 Å². The predicted molar refractivity (Wildman–Crippen MR) is 170 cm³/mol. The summed E-state index contributed by atoms with van der Waals surface area (Å²) >= 11 is 0. The van der Waals surface area contributed by atoms with Gasteiger partial charge in [0, 0.05) is 32.8 Å². The smallest absolute Gasteiger partial charge is 0.103 e. The first-order chi connectivity index (χ1) is 20.8. The van der Waals surface area contributed by atoms with Crippen LogP contribution in [0.3, 0.4) is 0 Å². The largest absolute Gasteiger partial charge is 0.309 e. The number of hydrogen-bond acceptors (Lipinski definition) is 2. The van der Waals surface area contributed by atoms with Crippen LogP contribution >= 0.6 is 0 Å². The second kappa shape index (κ2) is 9.24. The lowest BCUT2D eigenvalue weighted by Crippen LogP contribution is -2.03. The van der Waals surface area contributed by atoms with Crippen molar-refractivity contribution in [2.75, 3.05) is 0 Å². The van der Waals surface area contributed by atoms with Crippen LogP contribution in [-0.4, -0.2) is 9.13 Å². The van der Waals surface area contributed by atoms with Crippen LogP contribution in [0.4, 0.5) is 0 Å². The van der Waals surface area contributed by atoms with Crippen molar-refractivity contribution in [3.05, 3.63) is 145 Å². The van der Waals surface area contributed by atoms with Crippen LogP contribution in [0.1, 0.15) is 11.1 Å². The molecule has 0 radical (unpaired) electrons. The Balaban J connectivity index is 1.46. The van der Waals surface area contributed by atoms with Gasteiger partial charge in [-0.1, -0.05) is 91.0 Å². The van der Waals surface area contributed by atoms with Gasteiger partial charge in [0.25, 0.3) is 0 Å². The van der Waals surface area contributed by atoms with Crippen LogP contribution in [0.2, 0.25) is 0 Å². The Morgan fingerprint density at radius 2 is 0.952 bits per heavy atom. The van der Waals surface area contributed by atoms with Gasteiger partial charge in [0.1, 0.15) is 12.1 Å². The molecular weight excluding hydrogens is 512 g/mol. The van der Waals surface area contributed by atoms with E-state index in [1.807, 2.05) is 30.3 Å². The van der Waals surface area contributed by atoms with Crippen LogP contribution in [0.25, 0.3) is 66.1 Å². The zero-order valence-corrected chi connectivity index (χ0v) is 22.5. The molecule has 0 saturated carbocycles. The molecule has 42 heavy (non-hydrogen) atoms. The average molecular weight is 535 g/mol. The molecule has 0 unspecified atom stereocenters. The van der Waals surface area contributed by atoms with Crippen LogP contribution in [0, 0.1) is 22.7 Å². The summed E-state index contributed by atoms with van der Waals surface area (Å²) in [5, 5.41) is 25.1. The van der Waals surface area contributed by atoms with E-state index in [1.54, 1.807) is 6.07 Å². The summed E-state index contributed by atoms with van der Waals surface area (Å²) in [5.41, 5.74) is 8.57. The molecule has 0 bridgehead atoms. The summed E-state index contributed by atoms with van der Waals surface area (Å²) < 4.78 is 4.44. The van der Waals surface area contributed by atoms with Crippen molar-refractivity contribution in [1.82, 2.24) is 9.13 Å². The molecule has 8 aromatic rings. The number of fused-ring (bicyclic) bond motifs is 6. The van der Waals surface area contributed by atoms with E-state index in [9.17, 15) is 10.5 Å². The van der Waals surface area contributed by atoms with Gasteiger partial charge >= 0.3 is 0 Å². The van der Waals surface area contributed by atoms with Crippen molar-refractivity contribution in [3.63, 3.8) is 0 Å². The normalized spacial score (nSPS) is 11.3.